The van der Waals surface area contributed by atoms with Gasteiger partial charge in [-0.15, -0.1) is 0 Å². The summed E-state index contributed by atoms with van der Waals surface area (Å²) >= 11 is 0. The highest BCUT2D eigenvalue weighted by molar-refractivity contribution is 5.89. The largest absolute Gasteiger partial charge is 0.508 e. The van der Waals surface area contributed by atoms with Crippen LogP contribution in [-0.2, 0) is 4.79 Å². The van der Waals surface area contributed by atoms with Crippen LogP contribution in [0.5, 0.6) is 5.75 Å². The van der Waals surface area contributed by atoms with Crippen molar-refractivity contribution in [3.05, 3.63) is 35.9 Å². The van der Waals surface area contributed by atoms with E-state index in [2.05, 4.69) is 0 Å². The number of carbonyl (C=O) groups is 1. The third kappa shape index (κ3) is 2.63. The number of rotatable bonds is 2. The van der Waals surface area contributed by atoms with Crippen molar-refractivity contribution in [1.82, 2.24) is 0 Å². The average molecular weight is 178 g/mol. The summed E-state index contributed by atoms with van der Waals surface area (Å²) in [7, 11) is 0. The highest BCUT2D eigenvalue weighted by atomic mass is 16.4. The molecule has 1 aromatic rings. The summed E-state index contributed by atoms with van der Waals surface area (Å²) in [5.74, 6) is -0.794. The number of phenols is 1. The number of hydrogen-bond donors (Lipinski definition) is 2. The number of aromatic hydroxyl groups is 1. The van der Waals surface area contributed by atoms with Crippen LogP contribution >= 0.6 is 0 Å². The average Bonchev–Trinajstić information content (AvgIpc) is 2.04. The van der Waals surface area contributed by atoms with Crippen LogP contribution in [0, 0.1) is 0 Å². The maximum absolute atomic E-state index is 10.3. The van der Waals surface area contributed by atoms with Gasteiger partial charge in [0, 0.05) is 6.08 Å². The van der Waals surface area contributed by atoms with Crippen molar-refractivity contribution in [2.75, 3.05) is 0 Å². The maximum atomic E-state index is 10.3. The molecular formula is C10H10O3. The molecule has 1 aromatic carbocycles. The molecule has 0 radical (unpaired) electrons. The third-order valence-electron chi connectivity index (χ3n) is 1.66. The Kier molecular flexibility index (Phi) is 2.69. The first-order valence-electron chi connectivity index (χ1n) is 3.80. The molecule has 0 amide bonds. The highest BCUT2D eigenvalue weighted by Crippen LogP contribution is 2.16. The van der Waals surface area contributed by atoms with Gasteiger partial charge in [0.2, 0.25) is 0 Å². The number of carboxylic acid groups (broad SMARTS) is 1. The van der Waals surface area contributed by atoms with Crippen LogP contribution in [0.4, 0.5) is 0 Å². The number of allylic oxidation sites excluding steroid dienone is 1. The number of hydrogen-bond acceptors (Lipinski definition) is 2. The maximum Gasteiger partial charge on any atom is 0.328 e. The zero-order valence-corrected chi connectivity index (χ0v) is 7.19. The predicted octanol–water partition coefficient (Wildman–Crippen LogP) is 1.88. The molecule has 1 rings (SSSR count). The number of phenolic OH excluding ortho intramolecular Hbond substituents is 1. The minimum absolute atomic E-state index is 0.173. The molecule has 0 bridgehead atoms. The van der Waals surface area contributed by atoms with Crippen molar-refractivity contribution in [2.45, 2.75) is 6.92 Å². The fraction of sp³-hybridized carbons (Fsp3) is 0.100. The first kappa shape index (κ1) is 9.32. The molecule has 0 spiro atoms. The molecule has 0 atom stereocenters. The summed E-state index contributed by atoms with van der Waals surface area (Å²) in [4.78, 5) is 10.3. The summed E-state index contributed by atoms with van der Waals surface area (Å²) in [6.45, 7) is 1.71. The topological polar surface area (TPSA) is 57.5 Å². The van der Waals surface area contributed by atoms with E-state index in [1.807, 2.05) is 0 Å². The Morgan fingerprint density at radius 1 is 1.31 bits per heavy atom. The molecule has 3 nitrogen and oxygen atoms in total. The van der Waals surface area contributed by atoms with Gasteiger partial charge in [-0.2, -0.15) is 0 Å². The summed E-state index contributed by atoms with van der Waals surface area (Å²) < 4.78 is 0. The lowest BCUT2D eigenvalue weighted by atomic mass is 10.1. The van der Waals surface area contributed by atoms with Gasteiger partial charge >= 0.3 is 5.97 Å². The van der Waals surface area contributed by atoms with Crippen molar-refractivity contribution in [2.24, 2.45) is 0 Å². The van der Waals surface area contributed by atoms with E-state index in [4.69, 9.17) is 10.2 Å². The second-order valence-corrected chi connectivity index (χ2v) is 2.71. The molecule has 0 fully saturated rings. The Bertz CT molecular complexity index is 336. The summed E-state index contributed by atoms with van der Waals surface area (Å²) in [6.07, 6.45) is 1.13. The van der Waals surface area contributed by atoms with Crippen molar-refractivity contribution >= 4 is 11.5 Å². The van der Waals surface area contributed by atoms with Crippen molar-refractivity contribution in [3.8, 4) is 5.75 Å². The molecule has 0 unspecified atom stereocenters. The Balaban J connectivity index is 2.96. The summed E-state index contributed by atoms with van der Waals surface area (Å²) in [5, 5.41) is 17.5. The summed E-state index contributed by atoms with van der Waals surface area (Å²) in [6, 6.07) is 6.39. The standard InChI is InChI=1S/C10H10O3/c1-7(6-10(12)13)8-2-4-9(11)5-3-8/h2-6,11H,1H3,(H,12,13)/b7-6-. The molecule has 13 heavy (non-hydrogen) atoms. The molecule has 0 heterocycles. The second kappa shape index (κ2) is 3.76. The van der Waals surface area contributed by atoms with Gasteiger partial charge in [0.05, 0.1) is 0 Å². The van der Waals surface area contributed by atoms with Gasteiger partial charge in [-0.05, 0) is 30.2 Å². The van der Waals surface area contributed by atoms with Crippen LogP contribution in [0.25, 0.3) is 5.57 Å². The molecule has 0 aliphatic rings. The Labute approximate surface area is 76.0 Å². The molecule has 0 aliphatic heterocycles. The van der Waals surface area contributed by atoms with Gasteiger partial charge in [-0.3, -0.25) is 0 Å². The van der Waals surface area contributed by atoms with Crippen LogP contribution < -0.4 is 0 Å². The van der Waals surface area contributed by atoms with Crippen LogP contribution in [-0.4, -0.2) is 16.2 Å². The number of aliphatic carboxylic acids is 1. The van der Waals surface area contributed by atoms with Gasteiger partial charge in [0.1, 0.15) is 5.75 Å². The third-order valence-corrected chi connectivity index (χ3v) is 1.66. The lowest BCUT2D eigenvalue weighted by Gasteiger charge is -1.99. The lowest BCUT2D eigenvalue weighted by Crippen LogP contribution is -1.89. The van der Waals surface area contributed by atoms with Gasteiger partial charge in [0.25, 0.3) is 0 Å². The highest BCUT2D eigenvalue weighted by Gasteiger charge is 1.97. The first-order valence-corrected chi connectivity index (χ1v) is 3.80. The van der Waals surface area contributed by atoms with E-state index in [1.165, 1.54) is 12.1 Å². The number of benzene rings is 1. The molecule has 0 aromatic heterocycles. The second-order valence-electron chi connectivity index (χ2n) is 2.71. The van der Waals surface area contributed by atoms with Gasteiger partial charge in [0.15, 0.2) is 0 Å². The predicted molar refractivity (Wildman–Crippen MR) is 49.4 cm³/mol. The zero-order chi connectivity index (χ0) is 9.84. The van der Waals surface area contributed by atoms with Crippen LogP contribution in [0.3, 0.4) is 0 Å². The molecule has 2 N–H and O–H groups in total. The molecule has 0 saturated heterocycles. The molecule has 0 saturated carbocycles. The fourth-order valence-corrected chi connectivity index (χ4v) is 0.993. The molecule has 3 heteroatoms. The van der Waals surface area contributed by atoms with Crippen molar-refractivity contribution in [3.63, 3.8) is 0 Å². The number of carboxylic acids is 1. The fourth-order valence-electron chi connectivity index (χ4n) is 0.993. The zero-order valence-electron chi connectivity index (χ0n) is 7.19. The normalized spacial score (nSPS) is 11.3. The van der Waals surface area contributed by atoms with E-state index in [0.29, 0.717) is 5.57 Å². The van der Waals surface area contributed by atoms with E-state index in [0.717, 1.165) is 11.6 Å². The summed E-state index contributed by atoms with van der Waals surface area (Å²) in [5.41, 5.74) is 1.45. The van der Waals surface area contributed by atoms with Crippen LogP contribution in [0.1, 0.15) is 12.5 Å². The smallest absolute Gasteiger partial charge is 0.328 e. The van der Waals surface area contributed by atoms with E-state index >= 15 is 0 Å². The molecule has 0 aliphatic carbocycles. The van der Waals surface area contributed by atoms with E-state index in [9.17, 15) is 4.79 Å². The van der Waals surface area contributed by atoms with Crippen molar-refractivity contribution in [1.29, 1.82) is 0 Å². The lowest BCUT2D eigenvalue weighted by molar-refractivity contribution is -0.131. The SMILES string of the molecule is C/C(=C/C(=O)O)c1ccc(O)cc1. The van der Waals surface area contributed by atoms with Gasteiger partial charge < -0.3 is 10.2 Å². The van der Waals surface area contributed by atoms with E-state index < -0.39 is 5.97 Å². The first-order chi connectivity index (χ1) is 6.09. The Morgan fingerprint density at radius 2 is 1.85 bits per heavy atom. The van der Waals surface area contributed by atoms with Crippen LogP contribution in [0.15, 0.2) is 30.3 Å². The monoisotopic (exact) mass is 178 g/mol. The van der Waals surface area contributed by atoms with Gasteiger partial charge in [-0.25, -0.2) is 4.79 Å². The Hall–Kier alpha value is -1.77. The quantitative estimate of drug-likeness (QED) is 0.680. The minimum atomic E-state index is -0.967. The Morgan fingerprint density at radius 3 is 2.31 bits per heavy atom. The molecule has 68 valence electrons. The van der Waals surface area contributed by atoms with Crippen molar-refractivity contribution < 1.29 is 15.0 Å². The van der Waals surface area contributed by atoms with Gasteiger partial charge in [-0.1, -0.05) is 12.1 Å². The van der Waals surface area contributed by atoms with E-state index in [-0.39, 0.29) is 5.75 Å². The van der Waals surface area contributed by atoms with E-state index in [1.54, 1.807) is 19.1 Å². The van der Waals surface area contributed by atoms with Crippen LogP contribution in [0.2, 0.25) is 0 Å². The molecular weight excluding hydrogens is 168 g/mol. The minimum Gasteiger partial charge on any atom is -0.508 e.